The van der Waals surface area contributed by atoms with Crippen LogP contribution in [-0.2, 0) is 0 Å². The van der Waals surface area contributed by atoms with Gasteiger partial charge in [-0.15, -0.1) is 0 Å². The van der Waals surface area contributed by atoms with Crippen LogP contribution in [0.25, 0.3) is 0 Å². The molecule has 1 fully saturated rings. The van der Waals surface area contributed by atoms with Gasteiger partial charge in [-0.3, -0.25) is 0 Å². The number of halogens is 3. The minimum absolute atomic E-state index is 0.0440. The van der Waals surface area contributed by atoms with Crippen molar-refractivity contribution in [2.24, 2.45) is 17.3 Å². The zero-order valence-corrected chi connectivity index (χ0v) is 13.9. The molecule has 1 N–H and O–H groups in total. The Morgan fingerprint density at radius 2 is 1.95 bits per heavy atom. The summed E-state index contributed by atoms with van der Waals surface area (Å²) in [5.74, 6) is -0.549. The van der Waals surface area contributed by atoms with E-state index in [1.54, 1.807) is 0 Å². The normalized spacial score (nSPS) is 24.3. The van der Waals surface area contributed by atoms with Gasteiger partial charge in [0.25, 0.3) is 0 Å². The maximum atomic E-state index is 12.9. The molecule has 0 radical (unpaired) electrons. The van der Waals surface area contributed by atoms with E-state index in [1.807, 2.05) is 4.90 Å². The minimum atomic E-state index is -4.04. The third-order valence-corrected chi connectivity index (χ3v) is 4.53. The second-order valence-electron chi connectivity index (χ2n) is 7.30. The second kappa shape index (κ2) is 7.82. The van der Waals surface area contributed by atoms with Crippen LogP contribution in [0.3, 0.4) is 0 Å². The Kier molecular flexibility index (Phi) is 6.98. The molecule has 0 bridgehead atoms. The summed E-state index contributed by atoms with van der Waals surface area (Å²) in [6.45, 7) is 12.2. The zero-order chi connectivity index (χ0) is 16.1. The fraction of sp³-hybridized carbons (Fsp3) is 1.00. The molecule has 0 aromatic carbocycles. The van der Waals surface area contributed by atoms with E-state index in [4.69, 9.17) is 0 Å². The fourth-order valence-corrected chi connectivity index (χ4v) is 2.96. The lowest BCUT2D eigenvalue weighted by molar-refractivity contribution is -0.187. The van der Waals surface area contributed by atoms with Gasteiger partial charge in [0.15, 0.2) is 0 Å². The van der Waals surface area contributed by atoms with Crippen molar-refractivity contribution in [3.63, 3.8) is 0 Å². The number of alkyl halides is 3. The summed E-state index contributed by atoms with van der Waals surface area (Å²) in [4.78, 5) is 2.02. The van der Waals surface area contributed by atoms with E-state index < -0.39 is 12.1 Å². The molecular weight excluding hydrogens is 277 g/mol. The lowest BCUT2D eigenvalue weighted by Crippen LogP contribution is -2.48. The van der Waals surface area contributed by atoms with E-state index in [9.17, 15) is 13.2 Å². The largest absolute Gasteiger partial charge is 0.393 e. The standard InChI is InChI=1S/C16H31F3N2/c1-5-15(4,11-20-9-13(2)3)12-21-8-6-7-14(10-21)16(17,18)19/h13-14,20H,5-12H2,1-4H3. The monoisotopic (exact) mass is 308 g/mol. The summed E-state index contributed by atoms with van der Waals surface area (Å²) in [6.07, 6.45) is -2.12. The molecule has 0 aromatic heterocycles. The Bertz CT molecular complexity index is 304. The van der Waals surface area contributed by atoms with Crippen LogP contribution in [0.1, 0.15) is 47.0 Å². The molecule has 0 amide bonds. The molecule has 0 aliphatic carbocycles. The highest BCUT2D eigenvalue weighted by Gasteiger charge is 2.42. The van der Waals surface area contributed by atoms with Crippen molar-refractivity contribution >= 4 is 0 Å². The van der Waals surface area contributed by atoms with Gasteiger partial charge in [0, 0.05) is 19.6 Å². The first kappa shape index (κ1) is 18.8. The molecular formula is C16H31F3N2. The summed E-state index contributed by atoms with van der Waals surface area (Å²) >= 11 is 0. The summed E-state index contributed by atoms with van der Waals surface area (Å²) in [5.41, 5.74) is 0.0440. The van der Waals surface area contributed by atoms with Crippen LogP contribution in [0.15, 0.2) is 0 Å². The van der Waals surface area contributed by atoms with Crippen molar-refractivity contribution in [2.45, 2.75) is 53.1 Å². The molecule has 1 saturated heterocycles. The fourth-order valence-electron chi connectivity index (χ4n) is 2.96. The van der Waals surface area contributed by atoms with Crippen LogP contribution >= 0.6 is 0 Å². The predicted octanol–water partition coefficient (Wildman–Crippen LogP) is 3.92. The Morgan fingerprint density at radius 1 is 1.29 bits per heavy atom. The van der Waals surface area contributed by atoms with E-state index in [0.29, 0.717) is 12.3 Å². The van der Waals surface area contributed by atoms with Gasteiger partial charge in [0.05, 0.1) is 5.92 Å². The molecule has 5 heteroatoms. The van der Waals surface area contributed by atoms with E-state index in [-0.39, 0.29) is 18.4 Å². The number of hydrogen-bond acceptors (Lipinski definition) is 2. The number of nitrogens with zero attached hydrogens (tertiary/aromatic N) is 1. The number of likely N-dealkylation sites (tertiary alicyclic amines) is 1. The van der Waals surface area contributed by atoms with Crippen molar-refractivity contribution in [3.8, 4) is 0 Å². The molecule has 1 rings (SSSR count). The number of rotatable bonds is 7. The molecule has 2 atom stereocenters. The number of nitrogens with one attached hydrogen (secondary N) is 1. The summed E-state index contributed by atoms with van der Waals surface area (Å²) in [6, 6.07) is 0. The molecule has 0 spiro atoms. The van der Waals surface area contributed by atoms with Gasteiger partial charge >= 0.3 is 6.18 Å². The first-order valence-electron chi connectivity index (χ1n) is 8.16. The van der Waals surface area contributed by atoms with Gasteiger partial charge in [0.2, 0.25) is 0 Å². The van der Waals surface area contributed by atoms with Crippen LogP contribution in [0, 0.1) is 17.3 Å². The first-order valence-corrected chi connectivity index (χ1v) is 8.16. The lowest BCUT2D eigenvalue weighted by Gasteiger charge is -2.40. The maximum absolute atomic E-state index is 12.9. The van der Waals surface area contributed by atoms with E-state index >= 15 is 0 Å². The maximum Gasteiger partial charge on any atom is 0.393 e. The highest BCUT2D eigenvalue weighted by molar-refractivity contribution is 4.84. The average molecular weight is 308 g/mol. The minimum Gasteiger partial charge on any atom is -0.316 e. The highest BCUT2D eigenvalue weighted by Crippen LogP contribution is 2.34. The van der Waals surface area contributed by atoms with E-state index in [0.717, 1.165) is 32.6 Å². The zero-order valence-electron chi connectivity index (χ0n) is 13.9. The average Bonchev–Trinajstić information content (AvgIpc) is 2.37. The van der Waals surface area contributed by atoms with Gasteiger partial charge < -0.3 is 10.2 Å². The molecule has 0 aromatic rings. The summed E-state index contributed by atoms with van der Waals surface area (Å²) < 4.78 is 38.6. The van der Waals surface area contributed by atoms with Crippen molar-refractivity contribution in [3.05, 3.63) is 0 Å². The molecule has 2 nitrogen and oxygen atoms in total. The first-order chi connectivity index (χ1) is 9.66. The molecule has 2 unspecified atom stereocenters. The molecule has 1 aliphatic rings. The quantitative estimate of drug-likeness (QED) is 0.767. The van der Waals surface area contributed by atoms with Crippen molar-refractivity contribution in [1.29, 1.82) is 0 Å². The topological polar surface area (TPSA) is 15.3 Å². The third-order valence-electron chi connectivity index (χ3n) is 4.53. The molecule has 0 saturated carbocycles. The van der Waals surface area contributed by atoms with Gasteiger partial charge in [-0.1, -0.05) is 27.7 Å². The van der Waals surface area contributed by atoms with Gasteiger partial charge in [-0.25, -0.2) is 0 Å². The molecule has 1 aliphatic heterocycles. The van der Waals surface area contributed by atoms with Crippen molar-refractivity contribution < 1.29 is 13.2 Å². The number of piperidine rings is 1. The number of hydrogen-bond donors (Lipinski definition) is 1. The highest BCUT2D eigenvalue weighted by atomic mass is 19.4. The summed E-state index contributed by atoms with van der Waals surface area (Å²) in [5, 5.41) is 3.46. The van der Waals surface area contributed by atoms with Crippen LogP contribution in [-0.4, -0.2) is 43.8 Å². The van der Waals surface area contributed by atoms with Gasteiger partial charge in [-0.2, -0.15) is 13.2 Å². The molecule has 126 valence electrons. The third kappa shape index (κ3) is 6.55. The van der Waals surface area contributed by atoms with Gasteiger partial charge in [0.1, 0.15) is 0 Å². The van der Waals surface area contributed by atoms with Crippen molar-refractivity contribution in [1.82, 2.24) is 10.2 Å². The Morgan fingerprint density at radius 3 is 2.48 bits per heavy atom. The SMILES string of the molecule is CCC(C)(CNCC(C)C)CN1CCCC(C(F)(F)F)C1. The predicted molar refractivity (Wildman–Crippen MR) is 81.3 cm³/mol. The Balaban J connectivity index is 2.51. The van der Waals surface area contributed by atoms with Crippen LogP contribution < -0.4 is 5.32 Å². The summed E-state index contributed by atoms with van der Waals surface area (Å²) in [7, 11) is 0. The second-order valence-corrected chi connectivity index (χ2v) is 7.30. The van der Waals surface area contributed by atoms with Crippen LogP contribution in [0.5, 0.6) is 0 Å². The van der Waals surface area contributed by atoms with E-state index in [1.165, 1.54) is 0 Å². The smallest absolute Gasteiger partial charge is 0.316 e. The van der Waals surface area contributed by atoms with E-state index in [2.05, 4.69) is 33.0 Å². The Labute approximate surface area is 127 Å². The van der Waals surface area contributed by atoms with Crippen LogP contribution in [0.2, 0.25) is 0 Å². The molecule has 21 heavy (non-hydrogen) atoms. The van der Waals surface area contributed by atoms with Gasteiger partial charge in [-0.05, 0) is 43.7 Å². The van der Waals surface area contributed by atoms with Crippen molar-refractivity contribution in [2.75, 3.05) is 32.7 Å². The Hall–Kier alpha value is -0.290. The molecule has 1 heterocycles. The lowest BCUT2D eigenvalue weighted by atomic mass is 9.85. The van der Waals surface area contributed by atoms with Crippen LogP contribution in [0.4, 0.5) is 13.2 Å².